The van der Waals surface area contributed by atoms with Crippen LogP contribution < -0.4 is 10.6 Å². The predicted octanol–water partition coefficient (Wildman–Crippen LogP) is 2.49. The maximum atomic E-state index is 12.5. The van der Waals surface area contributed by atoms with Gasteiger partial charge in [-0.25, -0.2) is 4.98 Å². The van der Waals surface area contributed by atoms with Crippen LogP contribution in [0.4, 0.5) is 13.2 Å². The zero-order chi connectivity index (χ0) is 18.4. The highest BCUT2D eigenvalue weighted by Crippen LogP contribution is 2.20. The van der Waals surface area contributed by atoms with Gasteiger partial charge in [-0.05, 0) is 27.2 Å². The fourth-order valence-corrected chi connectivity index (χ4v) is 3.86. The molecule has 0 saturated carbocycles. The number of aryl methyl sites for hydroxylation is 2. The van der Waals surface area contributed by atoms with E-state index in [9.17, 15) is 13.2 Å². The van der Waals surface area contributed by atoms with Crippen LogP contribution in [0.2, 0.25) is 0 Å². The lowest BCUT2D eigenvalue weighted by atomic mass is 10.3. The van der Waals surface area contributed by atoms with Gasteiger partial charge in [0.1, 0.15) is 0 Å². The molecule has 1 aliphatic heterocycles. The van der Waals surface area contributed by atoms with Crippen molar-refractivity contribution >= 4 is 17.3 Å². The summed E-state index contributed by atoms with van der Waals surface area (Å²) in [7, 11) is 0. The van der Waals surface area contributed by atoms with Gasteiger partial charge in [0.25, 0.3) is 0 Å². The second-order valence-corrected chi connectivity index (χ2v) is 7.52. The molecule has 1 unspecified atom stereocenters. The number of aromatic nitrogens is 1. The highest BCUT2D eigenvalue weighted by Gasteiger charge is 2.34. The maximum Gasteiger partial charge on any atom is 0.401 e. The fourth-order valence-electron chi connectivity index (χ4n) is 2.94. The van der Waals surface area contributed by atoms with Gasteiger partial charge >= 0.3 is 6.18 Å². The summed E-state index contributed by atoms with van der Waals surface area (Å²) in [6, 6.07) is -0.00691. The minimum absolute atomic E-state index is 0.00691. The first kappa shape index (κ1) is 20.0. The Kier molecular flexibility index (Phi) is 7.06. The van der Waals surface area contributed by atoms with E-state index in [-0.39, 0.29) is 6.04 Å². The van der Waals surface area contributed by atoms with Crippen molar-refractivity contribution < 1.29 is 13.2 Å². The number of halogens is 3. The van der Waals surface area contributed by atoms with Crippen LogP contribution in [0.15, 0.2) is 4.99 Å². The number of hydrogen-bond donors (Lipinski definition) is 2. The molecule has 0 bridgehead atoms. The molecule has 0 radical (unpaired) electrons. The van der Waals surface area contributed by atoms with E-state index in [4.69, 9.17) is 0 Å². The first-order chi connectivity index (χ1) is 11.8. The number of guanidine groups is 1. The maximum absolute atomic E-state index is 12.5. The second-order valence-electron chi connectivity index (χ2n) is 6.23. The summed E-state index contributed by atoms with van der Waals surface area (Å²) in [5, 5.41) is 7.47. The molecule has 1 saturated heterocycles. The SMILES string of the molecule is CCNC(=NCCc1sc(C)nc1C)NC1CCN(CC(F)(F)F)C1. The lowest BCUT2D eigenvalue weighted by Gasteiger charge is -2.19. The molecule has 1 atom stereocenters. The summed E-state index contributed by atoms with van der Waals surface area (Å²) in [5.41, 5.74) is 1.05. The topological polar surface area (TPSA) is 52.6 Å². The number of nitrogens with zero attached hydrogens (tertiary/aromatic N) is 3. The van der Waals surface area contributed by atoms with E-state index in [1.54, 1.807) is 11.3 Å². The molecule has 2 heterocycles. The lowest BCUT2D eigenvalue weighted by molar-refractivity contribution is -0.143. The Bertz CT molecular complexity index is 585. The van der Waals surface area contributed by atoms with E-state index in [1.165, 1.54) is 9.78 Å². The van der Waals surface area contributed by atoms with Crippen molar-refractivity contribution in [3.63, 3.8) is 0 Å². The molecule has 2 N–H and O–H groups in total. The largest absolute Gasteiger partial charge is 0.401 e. The van der Waals surface area contributed by atoms with Crippen LogP contribution in [0.1, 0.15) is 28.9 Å². The summed E-state index contributed by atoms with van der Waals surface area (Å²) >= 11 is 1.68. The van der Waals surface area contributed by atoms with Crippen LogP contribution >= 0.6 is 11.3 Å². The summed E-state index contributed by atoms with van der Waals surface area (Å²) in [4.78, 5) is 11.6. The van der Waals surface area contributed by atoms with Gasteiger partial charge in [-0.3, -0.25) is 9.89 Å². The van der Waals surface area contributed by atoms with E-state index >= 15 is 0 Å². The van der Waals surface area contributed by atoms with Gasteiger partial charge in [-0.2, -0.15) is 13.2 Å². The third-order valence-corrected chi connectivity index (χ3v) is 5.10. The molecule has 0 aromatic carbocycles. The Morgan fingerprint density at radius 1 is 1.40 bits per heavy atom. The van der Waals surface area contributed by atoms with Crippen molar-refractivity contribution in [2.24, 2.45) is 4.99 Å². The highest BCUT2D eigenvalue weighted by molar-refractivity contribution is 7.11. The molecule has 1 aromatic rings. The fraction of sp³-hybridized carbons (Fsp3) is 0.750. The molecule has 5 nitrogen and oxygen atoms in total. The van der Waals surface area contributed by atoms with E-state index in [0.29, 0.717) is 38.6 Å². The van der Waals surface area contributed by atoms with Crippen molar-refractivity contribution in [3.05, 3.63) is 15.6 Å². The molecule has 0 spiro atoms. The van der Waals surface area contributed by atoms with Crippen LogP contribution in [0, 0.1) is 13.8 Å². The molecule has 25 heavy (non-hydrogen) atoms. The minimum Gasteiger partial charge on any atom is -0.357 e. The van der Waals surface area contributed by atoms with Crippen molar-refractivity contribution in [1.82, 2.24) is 20.5 Å². The van der Waals surface area contributed by atoms with E-state index < -0.39 is 12.7 Å². The number of hydrogen-bond acceptors (Lipinski definition) is 4. The van der Waals surface area contributed by atoms with Crippen molar-refractivity contribution in [2.75, 3.05) is 32.7 Å². The normalized spacial score (nSPS) is 19.4. The Balaban J connectivity index is 1.84. The highest BCUT2D eigenvalue weighted by atomic mass is 32.1. The van der Waals surface area contributed by atoms with Crippen molar-refractivity contribution in [1.29, 1.82) is 0 Å². The molecule has 1 aliphatic rings. The number of nitrogens with one attached hydrogen (secondary N) is 2. The number of likely N-dealkylation sites (tertiary alicyclic amines) is 1. The molecule has 142 valence electrons. The van der Waals surface area contributed by atoms with Crippen LogP contribution in [0.5, 0.6) is 0 Å². The van der Waals surface area contributed by atoms with Crippen LogP contribution in [0.25, 0.3) is 0 Å². The molecule has 9 heteroatoms. The Hall–Kier alpha value is -1.35. The van der Waals surface area contributed by atoms with Gasteiger partial charge in [-0.15, -0.1) is 11.3 Å². The monoisotopic (exact) mass is 377 g/mol. The Labute approximate surface area is 150 Å². The minimum atomic E-state index is -4.14. The average molecular weight is 377 g/mol. The van der Waals surface area contributed by atoms with Crippen LogP contribution in [-0.4, -0.2) is 60.8 Å². The van der Waals surface area contributed by atoms with Gasteiger partial charge in [0, 0.05) is 43.5 Å². The van der Waals surface area contributed by atoms with Crippen molar-refractivity contribution in [2.45, 2.75) is 45.8 Å². The smallest absolute Gasteiger partial charge is 0.357 e. The number of thiazole rings is 1. The summed E-state index contributed by atoms with van der Waals surface area (Å²) in [5.74, 6) is 0.667. The molecular weight excluding hydrogens is 351 g/mol. The third kappa shape index (κ3) is 6.81. The quantitative estimate of drug-likeness (QED) is 0.591. The predicted molar refractivity (Wildman–Crippen MR) is 95.3 cm³/mol. The zero-order valence-corrected chi connectivity index (χ0v) is 15.7. The van der Waals surface area contributed by atoms with Crippen LogP contribution in [-0.2, 0) is 6.42 Å². The van der Waals surface area contributed by atoms with Crippen molar-refractivity contribution in [3.8, 4) is 0 Å². The third-order valence-electron chi connectivity index (χ3n) is 3.97. The summed E-state index contributed by atoms with van der Waals surface area (Å²) < 4.78 is 37.4. The number of alkyl halides is 3. The van der Waals surface area contributed by atoms with Gasteiger partial charge in [0.2, 0.25) is 0 Å². The number of rotatable bonds is 6. The Morgan fingerprint density at radius 2 is 2.16 bits per heavy atom. The first-order valence-corrected chi connectivity index (χ1v) is 9.35. The average Bonchev–Trinajstić information content (AvgIpc) is 3.04. The van der Waals surface area contributed by atoms with Gasteiger partial charge in [0.05, 0.1) is 17.2 Å². The van der Waals surface area contributed by atoms with Gasteiger partial charge in [-0.1, -0.05) is 0 Å². The molecule has 0 aliphatic carbocycles. The Morgan fingerprint density at radius 3 is 2.76 bits per heavy atom. The van der Waals surface area contributed by atoms with Gasteiger partial charge in [0.15, 0.2) is 5.96 Å². The summed E-state index contributed by atoms with van der Waals surface area (Å²) in [6.07, 6.45) is -2.63. The molecular formula is C16H26F3N5S. The zero-order valence-electron chi connectivity index (χ0n) is 14.9. The molecule has 1 fully saturated rings. The lowest BCUT2D eigenvalue weighted by Crippen LogP contribution is -2.45. The second kappa shape index (κ2) is 8.84. The molecule has 1 aromatic heterocycles. The van der Waals surface area contributed by atoms with E-state index in [1.807, 2.05) is 20.8 Å². The molecule has 0 amide bonds. The van der Waals surface area contributed by atoms with Crippen LogP contribution in [0.3, 0.4) is 0 Å². The molecule has 2 rings (SSSR count). The van der Waals surface area contributed by atoms with E-state index in [2.05, 4.69) is 20.6 Å². The standard InChI is InChI=1S/C16H26F3N5S/c1-4-20-15(21-7-5-14-11(2)22-12(3)25-14)23-13-6-8-24(9-13)10-16(17,18)19/h13H,4-10H2,1-3H3,(H2,20,21,23). The first-order valence-electron chi connectivity index (χ1n) is 8.53. The number of aliphatic imine (C=N–C) groups is 1. The summed E-state index contributed by atoms with van der Waals surface area (Å²) in [6.45, 7) is 7.29. The van der Waals surface area contributed by atoms with Gasteiger partial charge < -0.3 is 10.6 Å². The van der Waals surface area contributed by atoms with E-state index in [0.717, 1.165) is 17.1 Å².